The molecule has 110 valence electrons. The first-order valence-corrected chi connectivity index (χ1v) is 6.93. The Balaban J connectivity index is 3.02. The first-order chi connectivity index (χ1) is 9.37. The van der Waals surface area contributed by atoms with Crippen molar-refractivity contribution in [2.24, 2.45) is 0 Å². The molecule has 4 nitrogen and oxygen atoms in total. The predicted octanol–water partition coefficient (Wildman–Crippen LogP) is 3.26. The summed E-state index contributed by atoms with van der Waals surface area (Å²) in [6, 6.07) is 7.87. The standard InChI is InChI=1S/C16H24N2O2/c1-6-19-14-9-7-8-13(11-18-16(3,4)5)15(14)20-12(2)10-17/h7-9,12,18H,6,11H2,1-5H3. The summed E-state index contributed by atoms with van der Waals surface area (Å²) in [5, 5.41) is 12.4. The normalized spacial score (nSPS) is 12.6. The fraction of sp³-hybridized carbons (Fsp3) is 0.562. The van der Waals surface area contributed by atoms with Gasteiger partial charge in [-0.2, -0.15) is 5.26 Å². The van der Waals surface area contributed by atoms with Gasteiger partial charge >= 0.3 is 0 Å². The molecule has 0 fully saturated rings. The van der Waals surface area contributed by atoms with E-state index in [4.69, 9.17) is 14.7 Å². The average Bonchev–Trinajstić information content (AvgIpc) is 2.38. The van der Waals surface area contributed by atoms with Crippen molar-refractivity contribution >= 4 is 0 Å². The van der Waals surface area contributed by atoms with E-state index in [9.17, 15) is 0 Å². The van der Waals surface area contributed by atoms with E-state index in [0.717, 1.165) is 5.56 Å². The maximum Gasteiger partial charge on any atom is 0.181 e. The minimum atomic E-state index is -0.509. The van der Waals surface area contributed by atoms with Crippen LogP contribution in [0.2, 0.25) is 0 Å². The van der Waals surface area contributed by atoms with Gasteiger partial charge in [-0.3, -0.25) is 0 Å². The molecule has 0 saturated carbocycles. The van der Waals surface area contributed by atoms with Gasteiger partial charge in [0.2, 0.25) is 0 Å². The van der Waals surface area contributed by atoms with E-state index >= 15 is 0 Å². The Morgan fingerprint density at radius 1 is 1.35 bits per heavy atom. The van der Waals surface area contributed by atoms with E-state index in [2.05, 4.69) is 32.2 Å². The average molecular weight is 276 g/mol. The fourth-order valence-corrected chi connectivity index (χ4v) is 1.67. The molecular weight excluding hydrogens is 252 g/mol. The zero-order valence-electron chi connectivity index (χ0n) is 13.0. The van der Waals surface area contributed by atoms with Crippen LogP contribution in [0, 0.1) is 11.3 Å². The molecule has 20 heavy (non-hydrogen) atoms. The Hall–Kier alpha value is -1.73. The lowest BCUT2D eigenvalue weighted by atomic mass is 10.1. The summed E-state index contributed by atoms with van der Waals surface area (Å²) >= 11 is 0. The Morgan fingerprint density at radius 2 is 2.05 bits per heavy atom. The summed E-state index contributed by atoms with van der Waals surface area (Å²) in [6.07, 6.45) is -0.509. The molecule has 1 aromatic rings. The van der Waals surface area contributed by atoms with Crippen molar-refractivity contribution in [3.05, 3.63) is 23.8 Å². The second-order valence-corrected chi connectivity index (χ2v) is 5.67. The summed E-state index contributed by atoms with van der Waals surface area (Å²) in [7, 11) is 0. The molecule has 4 heteroatoms. The summed E-state index contributed by atoms with van der Waals surface area (Å²) in [5.41, 5.74) is 1.01. The first-order valence-electron chi connectivity index (χ1n) is 6.93. The molecule has 0 aliphatic carbocycles. The molecule has 0 saturated heterocycles. The summed E-state index contributed by atoms with van der Waals surface area (Å²) < 4.78 is 11.3. The maximum atomic E-state index is 8.94. The van der Waals surface area contributed by atoms with E-state index in [0.29, 0.717) is 24.7 Å². The monoisotopic (exact) mass is 276 g/mol. The van der Waals surface area contributed by atoms with Gasteiger partial charge in [0.15, 0.2) is 17.6 Å². The smallest absolute Gasteiger partial charge is 0.181 e. The number of rotatable bonds is 6. The Bertz CT molecular complexity index is 472. The van der Waals surface area contributed by atoms with Crippen LogP contribution in [0.25, 0.3) is 0 Å². The highest BCUT2D eigenvalue weighted by Crippen LogP contribution is 2.32. The van der Waals surface area contributed by atoms with E-state index in [1.807, 2.05) is 25.1 Å². The quantitative estimate of drug-likeness (QED) is 0.866. The van der Waals surface area contributed by atoms with Gasteiger partial charge in [-0.05, 0) is 40.7 Å². The van der Waals surface area contributed by atoms with E-state index in [1.165, 1.54) is 0 Å². The maximum absolute atomic E-state index is 8.94. The van der Waals surface area contributed by atoms with Gasteiger partial charge in [-0.1, -0.05) is 12.1 Å². The van der Waals surface area contributed by atoms with E-state index in [-0.39, 0.29) is 5.54 Å². The van der Waals surface area contributed by atoms with Crippen molar-refractivity contribution < 1.29 is 9.47 Å². The lowest BCUT2D eigenvalue weighted by Crippen LogP contribution is -2.35. The van der Waals surface area contributed by atoms with Crippen molar-refractivity contribution in [3.8, 4) is 17.6 Å². The number of hydrogen-bond donors (Lipinski definition) is 1. The summed E-state index contributed by atoms with van der Waals surface area (Å²) in [5.74, 6) is 1.34. The van der Waals surface area contributed by atoms with Gasteiger partial charge in [-0.25, -0.2) is 0 Å². The molecule has 0 heterocycles. The lowest BCUT2D eigenvalue weighted by molar-refractivity contribution is 0.246. The Kier molecular flexibility index (Phi) is 5.84. The van der Waals surface area contributed by atoms with Crippen molar-refractivity contribution in [1.82, 2.24) is 5.32 Å². The van der Waals surface area contributed by atoms with Crippen molar-refractivity contribution in [1.29, 1.82) is 5.26 Å². The number of nitriles is 1. The Morgan fingerprint density at radius 3 is 2.60 bits per heavy atom. The Labute approximate surface area is 121 Å². The third-order valence-electron chi connectivity index (χ3n) is 2.65. The van der Waals surface area contributed by atoms with Crippen LogP contribution in [0.3, 0.4) is 0 Å². The van der Waals surface area contributed by atoms with Gasteiger partial charge in [0.1, 0.15) is 6.07 Å². The second-order valence-electron chi connectivity index (χ2n) is 5.67. The van der Waals surface area contributed by atoms with Crippen molar-refractivity contribution in [2.75, 3.05) is 6.61 Å². The van der Waals surface area contributed by atoms with E-state index < -0.39 is 6.10 Å². The van der Waals surface area contributed by atoms with Gasteiger partial charge in [-0.15, -0.1) is 0 Å². The highest BCUT2D eigenvalue weighted by atomic mass is 16.5. The third-order valence-corrected chi connectivity index (χ3v) is 2.65. The molecule has 0 aliphatic heterocycles. The van der Waals surface area contributed by atoms with Gasteiger partial charge < -0.3 is 14.8 Å². The number of nitrogens with one attached hydrogen (secondary N) is 1. The van der Waals surface area contributed by atoms with Crippen LogP contribution in [-0.2, 0) is 6.54 Å². The predicted molar refractivity (Wildman–Crippen MR) is 79.9 cm³/mol. The summed E-state index contributed by atoms with van der Waals surface area (Å²) in [6.45, 7) is 11.2. The van der Waals surface area contributed by atoms with Gasteiger partial charge in [0, 0.05) is 17.6 Å². The minimum Gasteiger partial charge on any atom is -0.490 e. The zero-order chi connectivity index (χ0) is 15.2. The third kappa shape index (κ3) is 5.10. The van der Waals surface area contributed by atoms with Crippen molar-refractivity contribution in [3.63, 3.8) is 0 Å². The number of hydrogen-bond acceptors (Lipinski definition) is 4. The van der Waals surface area contributed by atoms with Crippen LogP contribution in [0.5, 0.6) is 11.5 Å². The van der Waals surface area contributed by atoms with Crippen molar-refractivity contribution in [2.45, 2.75) is 52.8 Å². The van der Waals surface area contributed by atoms with Crippen LogP contribution in [0.4, 0.5) is 0 Å². The molecule has 0 amide bonds. The van der Waals surface area contributed by atoms with Crippen LogP contribution in [0.1, 0.15) is 40.2 Å². The van der Waals surface area contributed by atoms with Crippen LogP contribution < -0.4 is 14.8 Å². The highest BCUT2D eigenvalue weighted by Gasteiger charge is 2.16. The molecule has 0 aromatic heterocycles. The van der Waals surface area contributed by atoms with Gasteiger partial charge in [0.05, 0.1) is 6.61 Å². The highest BCUT2D eigenvalue weighted by molar-refractivity contribution is 5.47. The first kappa shape index (κ1) is 16.3. The SMILES string of the molecule is CCOc1cccc(CNC(C)(C)C)c1OC(C)C#N. The van der Waals surface area contributed by atoms with Crippen LogP contribution in [-0.4, -0.2) is 18.2 Å². The second kappa shape index (κ2) is 7.16. The molecule has 0 radical (unpaired) electrons. The van der Waals surface area contributed by atoms with Crippen LogP contribution >= 0.6 is 0 Å². The largest absolute Gasteiger partial charge is 0.490 e. The van der Waals surface area contributed by atoms with E-state index in [1.54, 1.807) is 6.92 Å². The number of benzene rings is 1. The molecule has 1 unspecified atom stereocenters. The minimum absolute atomic E-state index is 0.0136. The molecule has 0 spiro atoms. The lowest BCUT2D eigenvalue weighted by Gasteiger charge is -2.23. The summed E-state index contributed by atoms with van der Waals surface area (Å²) in [4.78, 5) is 0. The topological polar surface area (TPSA) is 54.3 Å². The molecular formula is C16H24N2O2. The molecule has 1 aromatic carbocycles. The molecule has 1 N–H and O–H groups in total. The molecule has 1 rings (SSSR count). The number of para-hydroxylation sites is 1. The number of nitrogens with zero attached hydrogens (tertiary/aromatic N) is 1. The molecule has 1 atom stereocenters. The number of ether oxygens (including phenoxy) is 2. The molecule has 0 aliphatic rings. The zero-order valence-corrected chi connectivity index (χ0v) is 13.0. The van der Waals surface area contributed by atoms with Gasteiger partial charge in [0.25, 0.3) is 0 Å². The molecule has 0 bridgehead atoms. The fourth-order valence-electron chi connectivity index (χ4n) is 1.67. The van der Waals surface area contributed by atoms with Crippen LogP contribution in [0.15, 0.2) is 18.2 Å².